The van der Waals surface area contributed by atoms with Gasteiger partial charge in [0.2, 0.25) is 0 Å². The molecule has 0 radical (unpaired) electrons. The molecule has 3 rings (SSSR count). The minimum absolute atomic E-state index is 0.147. The molecule has 0 amide bonds. The van der Waals surface area contributed by atoms with Gasteiger partial charge in [-0.3, -0.25) is 4.79 Å². The number of aliphatic carboxylic acids is 1. The molecule has 0 saturated heterocycles. The molecule has 2 nitrogen and oxygen atoms in total. The van der Waals surface area contributed by atoms with Crippen molar-refractivity contribution < 1.29 is 9.90 Å². The molecule has 0 aliphatic heterocycles. The number of benzene rings is 1. The van der Waals surface area contributed by atoms with Gasteiger partial charge in [-0.05, 0) is 30.4 Å². The minimum atomic E-state index is -0.687. The van der Waals surface area contributed by atoms with Gasteiger partial charge in [0.25, 0.3) is 0 Å². The average Bonchev–Trinajstić information content (AvgIpc) is 2.88. The summed E-state index contributed by atoms with van der Waals surface area (Å²) in [7, 11) is 0. The van der Waals surface area contributed by atoms with Gasteiger partial charge in [-0.2, -0.15) is 0 Å². The van der Waals surface area contributed by atoms with E-state index < -0.39 is 5.97 Å². The fraction of sp³-hybridized carbons (Fsp3) is 0.357. The van der Waals surface area contributed by atoms with E-state index in [0.717, 1.165) is 17.0 Å². The number of carbonyl (C=O) groups is 1. The Labute approximate surface area is 105 Å². The Bertz CT molecular complexity index is 509. The Morgan fingerprint density at radius 3 is 2.76 bits per heavy atom. The van der Waals surface area contributed by atoms with Gasteiger partial charge in [0, 0.05) is 10.4 Å². The zero-order valence-corrected chi connectivity index (χ0v) is 10.0. The highest BCUT2D eigenvalue weighted by Gasteiger charge is 2.51. The highest BCUT2D eigenvalue weighted by Crippen LogP contribution is 2.55. The summed E-state index contributed by atoms with van der Waals surface area (Å²) in [6.45, 7) is 0. The van der Waals surface area contributed by atoms with Crippen molar-refractivity contribution in [1.82, 2.24) is 0 Å². The zero-order valence-electron chi connectivity index (χ0n) is 9.27. The second-order valence-electron chi connectivity index (χ2n) is 5.01. The Morgan fingerprint density at radius 2 is 2.12 bits per heavy atom. The second kappa shape index (κ2) is 3.61. The topological polar surface area (TPSA) is 37.3 Å². The largest absolute Gasteiger partial charge is 0.481 e. The number of halogens is 1. The third kappa shape index (κ3) is 1.51. The molecule has 1 aromatic rings. The van der Waals surface area contributed by atoms with Crippen molar-refractivity contribution in [2.75, 3.05) is 0 Å². The molecule has 0 heterocycles. The fourth-order valence-corrected chi connectivity index (χ4v) is 3.61. The molecule has 0 spiro atoms. The second-order valence-corrected chi connectivity index (χ2v) is 5.42. The average molecular weight is 249 g/mol. The quantitative estimate of drug-likeness (QED) is 0.816. The lowest BCUT2D eigenvalue weighted by Crippen LogP contribution is -2.23. The third-order valence-electron chi connectivity index (χ3n) is 4.09. The van der Waals surface area contributed by atoms with Crippen LogP contribution < -0.4 is 0 Å². The minimum Gasteiger partial charge on any atom is -0.481 e. The molecule has 1 fully saturated rings. The normalized spacial score (nSPS) is 34.2. The number of fused-ring (bicyclic) bond motifs is 2. The van der Waals surface area contributed by atoms with Crippen molar-refractivity contribution in [3.8, 4) is 0 Å². The smallest absolute Gasteiger partial charge is 0.307 e. The maximum absolute atomic E-state index is 11.2. The van der Waals surface area contributed by atoms with E-state index in [4.69, 9.17) is 11.6 Å². The van der Waals surface area contributed by atoms with Crippen LogP contribution in [0, 0.1) is 11.8 Å². The summed E-state index contributed by atoms with van der Waals surface area (Å²) in [5.74, 6) is -0.770. The van der Waals surface area contributed by atoms with E-state index >= 15 is 0 Å². The molecule has 3 heteroatoms. The molecule has 88 valence electrons. The van der Waals surface area contributed by atoms with Gasteiger partial charge in [0.05, 0.1) is 5.92 Å². The van der Waals surface area contributed by atoms with Crippen molar-refractivity contribution in [3.63, 3.8) is 0 Å². The first kappa shape index (κ1) is 10.8. The Hall–Kier alpha value is -1.28. The van der Waals surface area contributed by atoms with Crippen LogP contribution >= 0.6 is 11.6 Å². The summed E-state index contributed by atoms with van der Waals surface area (Å²) in [6.07, 6.45) is 5.75. The predicted molar refractivity (Wildman–Crippen MR) is 66.1 cm³/mol. The lowest BCUT2D eigenvalue weighted by atomic mass is 9.78. The number of hydrogen-bond donors (Lipinski definition) is 1. The monoisotopic (exact) mass is 248 g/mol. The zero-order chi connectivity index (χ0) is 12.0. The first-order valence-corrected chi connectivity index (χ1v) is 6.17. The lowest BCUT2D eigenvalue weighted by molar-refractivity contribution is -0.142. The number of carboxylic acids is 1. The van der Waals surface area contributed by atoms with E-state index in [1.807, 2.05) is 30.3 Å². The van der Waals surface area contributed by atoms with Crippen LogP contribution in [-0.4, -0.2) is 11.1 Å². The van der Waals surface area contributed by atoms with Gasteiger partial charge >= 0.3 is 5.97 Å². The first-order valence-electron chi connectivity index (χ1n) is 5.80. The fourth-order valence-electron chi connectivity index (χ4n) is 3.28. The summed E-state index contributed by atoms with van der Waals surface area (Å²) in [6, 6.07) is 7.76. The van der Waals surface area contributed by atoms with Crippen LogP contribution in [0.15, 0.2) is 36.4 Å². The molecule has 3 unspecified atom stereocenters. The van der Waals surface area contributed by atoms with Gasteiger partial charge in [-0.15, -0.1) is 0 Å². The van der Waals surface area contributed by atoms with E-state index in [9.17, 15) is 9.90 Å². The third-order valence-corrected chi connectivity index (χ3v) is 4.42. The van der Waals surface area contributed by atoms with Crippen LogP contribution in [0.4, 0.5) is 0 Å². The number of hydrogen-bond acceptors (Lipinski definition) is 1. The Balaban J connectivity index is 2.03. The van der Waals surface area contributed by atoms with Crippen LogP contribution in [0.2, 0.25) is 5.02 Å². The summed E-state index contributed by atoms with van der Waals surface area (Å²) in [5, 5.41) is 9.94. The molecular formula is C14H13ClO2. The van der Waals surface area contributed by atoms with Crippen LogP contribution in [0.5, 0.6) is 0 Å². The van der Waals surface area contributed by atoms with E-state index in [2.05, 4.69) is 6.08 Å². The van der Waals surface area contributed by atoms with Gasteiger partial charge in [0.1, 0.15) is 0 Å². The molecular weight excluding hydrogens is 236 g/mol. The van der Waals surface area contributed by atoms with Gasteiger partial charge in [0.15, 0.2) is 0 Å². The summed E-state index contributed by atoms with van der Waals surface area (Å²) in [5.41, 5.74) is 0.927. The van der Waals surface area contributed by atoms with Crippen molar-refractivity contribution in [2.45, 2.75) is 18.3 Å². The van der Waals surface area contributed by atoms with E-state index in [-0.39, 0.29) is 17.3 Å². The van der Waals surface area contributed by atoms with E-state index in [1.165, 1.54) is 0 Å². The molecule has 1 saturated carbocycles. The van der Waals surface area contributed by atoms with Crippen LogP contribution in [-0.2, 0) is 10.2 Å². The summed E-state index contributed by atoms with van der Waals surface area (Å²) < 4.78 is 0. The molecule has 3 atom stereocenters. The maximum atomic E-state index is 11.2. The Morgan fingerprint density at radius 1 is 1.35 bits per heavy atom. The summed E-state index contributed by atoms with van der Waals surface area (Å²) in [4.78, 5) is 11.2. The van der Waals surface area contributed by atoms with Gasteiger partial charge in [-0.1, -0.05) is 42.0 Å². The number of carboxylic acid groups (broad SMARTS) is 1. The SMILES string of the molecule is O=C(O)C1CC2(c3ccccc3Cl)C=CC1C2. The molecule has 0 aromatic heterocycles. The molecule has 2 bridgehead atoms. The molecule has 2 aliphatic rings. The number of allylic oxidation sites excluding steroid dienone is 2. The number of rotatable bonds is 2. The predicted octanol–water partition coefficient (Wildman–Crippen LogP) is 3.26. The standard InChI is InChI=1S/C14H13ClO2/c15-12-4-2-1-3-11(12)14-6-5-9(7-14)10(8-14)13(16)17/h1-6,9-10H,7-8H2,(H,16,17). The van der Waals surface area contributed by atoms with Crippen molar-refractivity contribution >= 4 is 17.6 Å². The molecule has 17 heavy (non-hydrogen) atoms. The van der Waals surface area contributed by atoms with E-state index in [1.54, 1.807) is 0 Å². The highest BCUT2D eigenvalue weighted by molar-refractivity contribution is 6.31. The molecule has 1 N–H and O–H groups in total. The molecule has 2 aliphatic carbocycles. The Kier molecular flexibility index (Phi) is 2.30. The van der Waals surface area contributed by atoms with Crippen LogP contribution in [0.25, 0.3) is 0 Å². The first-order chi connectivity index (χ1) is 8.12. The molecule has 1 aromatic carbocycles. The van der Waals surface area contributed by atoms with Crippen molar-refractivity contribution in [2.24, 2.45) is 11.8 Å². The van der Waals surface area contributed by atoms with Crippen molar-refractivity contribution in [1.29, 1.82) is 0 Å². The lowest BCUT2D eigenvalue weighted by Gasteiger charge is -2.26. The summed E-state index contributed by atoms with van der Waals surface area (Å²) >= 11 is 6.24. The van der Waals surface area contributed by atoms with Gasteiger partial charge in [-0.25, -0.2) is 0 Å². The van der Waals surface area contributed by atoms with Gasteiger partial charge < -0.3 is 5.11 Å². The highest BCUT2D eigenvalue weighted by atomic mass is 35.5. The van der Waals surface area contributed by atoms with Crippen molar-refractivity contribution in [3.05, 3.63) is 47.0 Å². The van der Waals surface area contributed by atoms with Crippen LogP contribution in [0.3, 0.4) is 0 Å². The van der Waals surface area contributed by atoms with E-state index in [0.29, 0.717) is 6.42 Å². The maximum Gasteiger partial charge on any atom is 0.307 e. The van der Waals surface area contributed by atoms with Crippen LogP contribution in [0.1, 0.15) is 18.4 Å².